The van der Waals surface area contributed by atoms with Gasteiger partial charge in [0.05, 0.1) is 22.2 Å². The van der Waals surface area contributed by atoms with Crippen molar-refractivity contribution in [3.05, 3.63) is 23.2 Å². The standard InChI is InChI=1S/C10H14ClN3O4S2/c1-12-20(17,18)13-8-3-4-9(11)10(7-8)14-5-2-6-19(14,15)16/h3-4,7,12-13H,2,5-6H2,1H3. The zero-order valence-electron chi connectivity index (χ0n) is 10.6. The summed E-state index contributed by atoms with van der Waals surface area (Å²) in [7, 11) is -5.77. The lowest BCUT2D eigenvalue weighted by molar-refractivity contribution is 0.593. The van der Waals surface area contributed by atoms with Crippen molar-refractivity contribution in [2.24, 2.45) is 0 Å². The molecule has 1 fully saturated rings. The van der Waals surface area contributed by atoms with E-state index in [1.54, 1.807) is 0 Å². The molecule has 1 heterocycles. The van der Waals surface area contributed by atoms with Gasteiger partial charge in [0.2, 0.25) is 10.0 Å². The summed E-state index contributed by atoms with van der Waals surface area (Å²) < 4.78 is 52.2. The molecule has 0 radical (unpaired) electrons. The predicted octanol–water partition coefficient (Wildman–Crippen LogP) is 0.756. The smallest absolute Gasteiger partial charge is 0.271 e. The molecule has 1 aromatic rings. The number of rotatable bonds is 4. The molecule has 10 heteroatoms. The summed E-state index contributed by atoms with van der Waals surface area (Å²) in [6.45, 7) is 0.338. The van der Waals surface area contributed by atoms with Gasteiger partial charge in [-0.3, -0.25) is 9.03 Å². The van der Waals surface area contributed by atoms with Gasteiger partial charge in [0, 0.05) is 13.6 Å². The predicted molar refractivity (Wildman–Crippen MR) is 78.8 cm³/mol. The van der Waals surface area contributed by atoms with Crippen molar-refractivity contribution in [2.45, 2.75) is 6.42 Å². The van der Waals surface area contributed by atoms with Gasteiger partial charge in [-0.05, 0) is 24.6 Å². The highest BCUT2D eigenvalue weighted by Crippen LogP contribution is 2.33. The summed E-state index contributed by atoms with van der Waals surface area (Å²) in [5.41, 5.74) is 0.515. The molecule has 0 bridgehead atoms. The molecule has 112 valence electrons. The Morgan fingerprint density at radius 2 is 2.05 bits per heavy atom. The topological polar surface area (TPSA) is 95.6 Å². The summed E-state index contributed by atoms with van der Waals surface area (Å²) in [5.74, 6) is 0.0653. The van der Waals surface area contributed by atoms with Crippen LogP contribution in [0.25, 0.3) is 0 Å². The monoisotopic (exact) mass is 339 g/mol. The van der Waals surface area contributed by atoms with Crippen molar-refractivity contribution in [1.82, 2.24) is 4.72 Å². The number of nitrogens with one attached hydrogen (secondary N) is 2. The Morgan fingerprint density at radius 1 is 1.35 bits per heavy atom. The Hall–Kier alpha value is -1.03. The molecule has 0 spiro atoms. The minimum absolute atomic E-state index is 0.0653. The van der Waals surface area contributed by atoms with E-state index in [1.165, 1.54) is 29.6 Å². The Labute approximate surface area is 123 Å². The Morgan fingerprint density at radius 3 is 2.60 bits per heavy atom. The summed E-state index contributed by atoms with van der Waals surface area (Å²) in [6, 6.07) is 4.32. The third-order valence-electron chi connectivity index (χ3n) is 2.84. The van der Waals surface area contributed by atoms with E-state index in [4.69, 9.17) is 11.6 Å². The minimum atomic E-state index is -3.67. The van der Waals surface area contributed by atoms with E-state index in [-0.39, 0.29) is 22.2 Å². The van der Waals surface area contributed by atoms with Crippen molar-refractivity contribution in [1.29, 1.82) is 0 Å². The van der Waals surface area contributed by atoms with E-state index in [1.807, 2.05) is 0 Å². The van der Waals surface area contributed by atoms with Crippen LogP contribution in [0.1, 0.15) is 6.42 Å². The Bertz CT molecular complexity index is 718. The molecular formula is C10H14ClN3O4S2. The van der Waals surface area contributed by atoms with Gasteiger partial charge >= 0.3 is 0 Å². The first kappa shape index (κ1) is 15.4. The second kappa shape index (κ2) is 5.40. The van der Waals surface area contributed by atoms with E-state index < -0.39 is 20.2 Å². The average Bonchev–Trinajstić information content (AvgIpc) is 2.71. The molecule has 20 heavy (non-hydrogen) atoms. The number of halogens is 1. The van der Waals surface area contributed by atoms with Crippen molar-refractivity contribution >= 4 is 43.2 Å². The number of hydrogen-bond donors (Lipinski definition) is 2. The number of nitrogens with zero attached hydrogens (tertiary/aromatic N) is 1. The Balaban J connectivity index is 2.40. The molecule has 1 aromatic carbocycles. The van der Waals surface area contributed by atoms with Crippen LogP contribution in [0.2, 0.25) is 5.02 Å². The molecule has 0 unspecified atom stereocenters. The number of hydrogen-bond acceptors (Lipinski definition) is 4. The maximum Gasteiger partial charge on any atom is 0.298 e. The number of benzene rings is 1. The van der Waals surface area contributed by atoms with E-state index >= 15 is 0 Å². The summed E-state index contributed by atoms with van der Waals surface area (Å²) >= 11 is 6.01. The van der Waals surface area contributed by atoms with Gasteiger partial charge in [0.1, 0.15) is 0 Å². The lowest BCUT2D eigenvalue weighted by atomic mass is 10.3. The fourth-order valence-corrected chi connectivity index (χ4v) is 4.26. The van der Waals surface area contributed by atoms with E-state index in [9.17, 15) is 16.8 Å². The maximum absolute atomic E-state index is 11.9. The highest BCUT2D eigenvalue weighted by atomic mass is 35.5. The van der Waals surface area contributed by atoms with Gasteiger partial charge in [0.25, 0.3) is 10.2 Å². The van der Waals surface area contributed by atoms with Gasteiger partial charge in [0.15, 0.2) is 0 Å². The van der Waals surface area contributed by atoms with Crippen molar-refractivity contribution in [3.8, 4) is 0 Å². The van der Waals surface area contributed by atoms with Gasteiger partial charge in [-0.25, -0.2) is 13.1 Å². The molecule has 0 amide bonds. The minimum Gasteiger partial charge on any atom is -0.271 e. The molecule has 1 aliphatic heterocycles. The van der Waals surface area contributed by atoms with Crippen LogP contribution in [0.15, 0.2) is 18.2 Å². The molecule has 0 atom stereocenters. The van der Waals surface area contributed by atoms with E-state index in [0.717, 1.165) is 0 Å². The zero-order chi connectivity index (χ0) is 15.0. The van der Waals surface area contributed by atoms with Crippen molar-refractivity contribution in [2.75, 3.05) is 28.4 Å². The van der Waals surface area contributed by atoms with Crippen LogP contribution < -0.4 is 13.7 Å². The number of anilines is 2. The van der Waals surface area contributed by atoms with Gasteiger partial charge < -0.3 is 0 Å². The largest absolute Gasteiger partial charge is 0.298 e. The van der Waals surface area contributed by atoms with E-state index in [0.29, 0.717) is 13.0 Å². The summed E-state index contributed by atoms with van der Waals surface area (Å²) in [6.07, 6.45) is 0.519. The lowest BCUT2D eigenvalue weighted by Gasteiger charge is -2.19. The lowest BCUT2D eigenvalue weighted by Crippen LogP contribution is -2.27. The number of sulfonamides is 1. The molecule has 1 saturated heterocycles. The van der Waals surface area contributed by atoms with Crippen LogP contribution in [-0.4, -0.2) is 36.2 Å². The molecule has 7 nitrogen and oxygen atoms in total. The maximum atomic E-state index is 11.9. The van der Waals surface area contributed by atoms with Crippen LogP contribution in [0.4, 0.5) is 11.4 Å². The van der Waals surface area contributed by atoms with Crippen LogP contribution in [0, 0.1) is 0 Å². The first-order chi connectivity index (χ1) is 9.25. The van der Waals surface area contributed by atoms with Crippen LogP contribution >= 0.6 is 11.6 Å². The second-order valence-electron chi connectivity index (χ2n) is 4.22. The first-order valence-corrected chi connectivity index (χ1v) is 9.23. The molecular weight excluding hydrogens is 326 g/mol. The third kappa shape index (κ3) is 3.17. The highest BCUT2D eigenvalue weighted by Gasteiger charge is 2.30. The SMILES string of the molecule is CNS(=O)(=O)Nc1ccc(Cl)c(N2CCCS2(=O)=O)c1. The fourth-order valence-electron chi connectivity index (χ4n) is 1.88. The molecule has 2 N–H and O–H groups in total. The molecule has 2 rings (SSSR count). The molecule has 0 saturated carbocycles. The molecule has 1 aliphatic rings. The quantitative estimate of drug-likeness (QED) is 0.846. The van der Waals surface area contributed by atoms with Crippen LogP contribution in [0.3, 0.4) is 0 Å². The van der Waals surface area contributed by atoms with Crippen molar-refractivity contribution in [3.63, 3.8) is 0 Å². The van der Waals surface area contributed by atoms with E-state index in [2.05, 4.69) is 9.44 Å². The average molecular weight is 340 g/mol. The third-order valence-corrected chi connectivity index (χ3v) is 6.05. The second-order valence-corrected chi connectivity index (χ2v) is 8.26. The van der Waals surface area contributed by atoms with Crippen LogP contribution in [-0.2, 0) is 20.2 Å². The zero-order valence-corrected chi connectivity index (χ0v) is 13.0. The molecule has 0 aromatic heterocycles. The summed E-state index contributed by atoms with van der Waals surface area (Å²) in [5, 5.41) is 0.253. The Kier molecular flexibility index (Phi) is 4.14. The normalized spacial score (nSPS) is 18.2. The van der Waals surface area contributed by atoms with Gasteiger partial charge in [-0.1, -0.05) is 11.6 Å². The molecule has 0 aliphatic carbocycles. The van der Waals surface area contributed by atoms with Gasteiger partial charge in [-0.2, -0.15) is 8.42 Å². The highest BCUT2D eigenvalue weighted by molar-refractivity contribution is 7.93. The van der Waals surface area contributed by atoms with Gasteiger partial charge in [-0.15, -0.1) is 0 Å². The summed E-state index contributed by atoms with van der Waals surface area (Å²) in [4.78, 5) is 0. The first-order valence-electron chi connectivity index (χ1n) is 5.76. The van der Waals surface area contributed by atoms with Crippen molar-refractivity contribution < 1.29 is 16.8 Å². The fraction of sp³-hybridized carbons (Fsp3) is 0.400. The van der Waals surface area contributed by atoms with Crippen LogP contribution in [0.5, 0.6) is 0 Å².